The van der Waals surface area contributed by atoms with Crippen molar-refractivity contribution in [3.63, 3.8) is 0 Å². The second-order valence-corrected chi connectivity index (χ2v) is 3.23. The van der Waals surface area contributed by atoms with Crippen LogP contribution in [0.2, 0.25) is 0 Å². The first-order valence-corrected chi connectivity index (χ1v) is 4.69. The van der Waals surface area contributed by atoms with Crippen molar-refractivity contribution in [2.24, 2.45) is 0 Å². The molecule has 0 aliphatic carbocycles. The number of halogens is 6. The van der Waals surface area contributed by atoms with E-state index in [4.69, 9.17) is 16.9 Å². The summed E-state index contributed by atoms with van der Waals surface area (Å²) in [5.41, 5.74) is -3.75. The van der Waals surface area contributed by atoms with Crippen LogP contribution in [0.1, 0.15) is 28.8 Å². The molecule has 2 nitrogen and oxygen atoms in total. The van der Waals surface area contributed by atoms with Crippen LogP contribution in [0.25, 0.3) is 0 Å². The molecule has 1 rings (SSSR count). The molecule has 0 bridgehead atoms. The molecular formula is C9H4ClF5N2. The zero-order valence-corrected chi connectivity index (χ0v) is 8.78. The molecule has 0 aliphatic rings. The van der Waals surface area contributed by atoms with Crippen LogP contribution in [-0.2, 0) is 12.1 Å². The lowest BCUT2D eigenvalue weighted by atomic mass is 10.0. The van der Waals surface area contributed by atoms with Gasteiger partial charge in [0, 0.05) is 11.8 Å². The van der Waals surface area contributed by atoms with Gasteiger partial charge in [-0.05, 0) is 0 Å². The predicted molar refractivity (Wildman–Crippen MR) is 48.5 cm³/mol. The summed E-state index contributed by atoms with van der Waals surface area (Å²) in [6.07, 6.45) is -7.57. The maximum absolute atomic E-state index is 12.5. The molecule has 0 unspecified atom stereocenters. The number of hydrogen-bond donors (Lipinski definition) is 0. The first-order chi connectivity index (χ1) is 7.82. The number of nitrogens with zero attached hydrogens (tertiary/aromatic N) is 2. The Balaban J connectivity index is 3.56. The second kappa shape index (κ2) is 4.84. The minimum atomic E-state index is -4.84. The fraction of sp³-hybridized carbons (Fsp3) is 0.333. The van der Waals surface area contributed by atoms with E-state index < -0.39 is 40.9 Å². The summed E-state index contributed by atoms with van der Waals surface area (Å²) in [6.45, 7) is 0. The average Bonchev–Trinajstić information content (AvgIpc) is 2.25. The number of hydrogen-bond acceptors (Lipinski definition) is 2. The number of nitriles is 1. The van der Waals surface area contributed by atoms with Crippen molar-refractivity contribution in [1.82, 2.24) is 4.98 Å². The van der Waals surface area contributed by atoms with Crippen LogP contribution in [0, 0.1) is 11.3 Å². The van der Waals surface area contributed by atoms with Gasteiger partial charge < -0.3 is 0 Å². The fourth-order valence-electron chi connectivity index (χ4n) is 1.24. The largest absolute Gasteiger partial charge is 0.433 e. The van der Waals surface area contributed by atoms with Crippen LogP contribution in [-0.4, -0.2) is 4.98 Å². The second-order valence-electron chi connectivity index (χ2n) is 2.96. The molecule has 0 fully saturated rings. The van der Waals surface area contributed by atoms with Crippen molar-refractivity contribution in [3.8, 4) is 6.07 Å². The van der Waals surface area contributed by atoms with Crippen molar-refractivity contribution in [1.29, 1.82) is 5.26 Å². The maximum atomic E-state index is 12.5. The number of aromatic nitrogens is 1. The Labute approximate surface area is 97.6 Å². The van der Waals surface area contributed by atoms with Gasteiger partial charge in [-0.1, -0.05) is 0 Å². The first kappa shape index (κ1) is 13.6. The van der Waals surface area contributed by atoms with Gasteiger partial charge in [-0.15, -0.1) is 11.6 Å². The number of pyridine rings is 1. The Kier molecular flexibility index (Phi) is 3.88. The van der Waals surface area contributed by atoms with Crippen molar-refractivity contribution >= 4 is 11.6 Å². The molecule has 0 aromatic carbocycles. The van der Waals surface area contributed by atoms with Crippen LogP contribution in [0.15, 0.2) is 6.20 Å². The smallest absolute Gasteiger partial charge is 0.251 e. The van der Waals surface area contributed by atoms with Crippen LogP contribution in [0.5, 0.6) is 0 Å². The molecule has 17 heavy (non-hydrogen) atoms. The van der Waals surface area contributed by atoms with E-state index in [0.29, 0.717) is 6.20 Å². The van der Waals surface area contributed by atoms with Gasteiger partial charge in [0.15, 0.2) is 0 Å². The summed E-state index contributed by atoms with van der Waals surface area (Å²) in [6, 6.07) is 1.30. The van der Waals surface area contributed by atoms with Gasteiger partial charge in [-0.25, -0.2) is 8.78 Å². The van der Waals surface area contributed by atoms with Crippen LogP contribution in [0.4, 0.5) is 22.0 Å². The van der Waals surface area contributed by atoms with Crippen LogP contribution < -0.4 is 0 Å². The Morgan fingerprint density at radius 3 is 2.35 bits per heavy atom. The molecule has 8 heteroatoms. The standard InChI is InChI=1S/C9H4ClF5N2/c10-1-4-5(2-16)6(8(11)12)3-17-7(4)9(13,14)15/h3,8H,1H2. The molecule has 1 aromatic heterocycles. The van der Waals surface area contributed by atoms with Gasteiger partial charge in [-0.3, -0.25) is 4.98 Å². The highest BCUT2D eigenvalue weighted by molar-refractivity contribution is 6.17. The molecule has 0 N–H and O–H groups in total. The third-order valence-corrected chi connectivity index (χ3v) is 2.23. The summed E-state index contributed by atoms with van der Waals surface area (Å²) in [5, 5.41) is 8.63. The average molecular weight is 271 g/mol. The van der Waals surface area contributed by atoms with Crippen LogP contribution in [0.3, 0.4) is 0 Å². The van der Waals surface area contributed by atoms with Gasteiger partial charge >= 0.3 is 6.18 Å². The van der Waals surface area contributed by atoms with E-state index in [9.17, 15) is 22.0 Å². The minimum Gasteiger partial charge on any atom is -0.251 e. The molecule has 0 atom stereocenters. The number of rotatable bonds is 2. The highest BCUT2D eigenvalue weighted by atomic mass is 35.5. The third-order valence-electron chi connectivity index (χ3n) is 1.96. The summed E-state index contributed by atoms with van der Waals surface area (Å²) in [5.74, 6) is -0.717. The molecule has 1 aromatic rings. The van der Waals surface area contributed by atoms with E-state index in [0.717, 1.165) is 0 Å². The molecule has 0 radical (unpaired) electrons. The Bertz CT molecular complexity index is 464. The monoisotopic (exact) mass is 270 g/mol. The van der Waals surface area contributed by atoms with Gasteiger partial charge in [0.25, 0.3) is 6.43 Å². The van der Waals surface area contributed by atoms with Crippen molar-refractivity contribution in [2.75, 3.05) is 0 Å². The summed E-state index contributed by atoms with van der Waals surface area (Å²) >= 11 is 5.26. The van der Waals surface area contributed by atoms with E-state index in [1.807, 2.05) is 0 Å². The lowest BCUT2D eigenvalue weighted by molar-refractivity contribution is -0.141. The van der Waals surface area contributed by atoms with E-state index in [1.165, 1.54) is 6.07 Å². The molecule has 0 saturated heterocycles. The van der Waals surface area contributed by atoms with Crippen molar-refractivity contribution < 1.29 is 22.0 Å². The lowest BCUT2D eigenvalue weighted by Gasteiger charge is -2.13. The van der Waals surface area contributed by atoms with E-state index in [-0.39, 0.29) is 0 Å². The topological polar surface area (TPSA) is 36.7 Å². The van der Waals surface area contributed by atoms with Crippen molar-refractivity contribution in [3.05, 3.63) is 28.6 Å². The molecule has 1 heterocycles. The summed E-state index contributed by atoms with van der Waals surface area (Å²) in [4.78, 5) is 2.91. The first-order valence-electron chi connectivity index (χ1n) is 4.16. The van der Waals surface area contributed by atoms with E-state index in [2.05, 4.69) is 4.98 Å². The Morgan fingerprint density at radius 1 is 1.41 bits per heavy atom. The highest BCUT2D eigenvalue weighted by Crippen LogP contribution is 2.35. The maximum Gasteiger partial charge on any atom is 0.433 e. The van der Waals surface area contributed by atoms with Gasteiger partial charge in [-0.2, -0.15) is 18.4 Å². The van der Waals surface area contributed by atoms with Gasteiger partial charge in [0.2, 0.25) is 0 Å². The molecular weight excluding hydrogens is 267 g/mol. The number of alkyl halides is 6. The Hall–Kier alpha value is -1.42. The van der Waals surface area contributed by atoms with E-state index in [1.54, 1.807) is 0 Å². The van der Waals surface area contributed by atoms with Crippen LogP contribution >= 0.6 is 11.6 Å². The van der Waals surface area contributed by atoms with Crippen molar-refractivity contribution in [2.45, 2.75) is 18.5 Å². The third kappa shape index (κ3) is 2.64. The zero-order chi connectivity index (χ0) is 13.2. The van der Waals surface area contributed by atoms with Gasteiger partial charge in [0.05, 0.1) is 17.0 Å². The molecule has 0 spiro atoms. The predicted octanol–water partition coefficient (Wildman–Crippen LogP) is 3.65. The lowest BCUT2D eigenvalue weighted by Crippen LogP contribution is -2.14. The quantitative estimate of drug-likeness (QED) is 0.607. The molecule has 92 valence electrons. The Morgan fingerprint density at radius 2 is 2.00 bits per heavy atom. The molecule has 0 saturated carbocycles. The van der Waals surface area contributed by atoms with E-state index >= 15 is 0 Å². The molecule has 0 aliphatic heterocycles. The summed E-state index contributed by atoms with van der Waals surface area (Å²) in [7, 11) is 0. The highest BCUT2D eigenvalue weighted by Gasteiger charge is 2.37. The zero-order valence-electron chi connectivity index (χ0n) is 8.02. The van der Waals surface area contributed by atoms with Gasteiger partial charge in [0.1, 0.15) is 11.8 Å². The summed E-state index contributed by atoms with van der Waals surface area (Å²) < 4.78 is 62.3. The SMILES string of the molecule is N#Cc1c(C(F)F)cnc(C(F)(F)F)c1CCl. The normalized spacial score (nSPS) is 11.6. The molecule has 0 amide bonds. The fourth-order valence-corrected chi connectivity index (χ4v) is 1.50. The minimum absolute atomic E-state index is 0.349.